The van der Waals surface area contributed by atoms with Crippen LogP contribution in [0.2, 0.25) is 0 Å². The Labute approximate surface area is 192 Å². The molecule has 3 heterocycles. The van der Waals surface area contributed by atoms with Crippen molar-refractivity contribution in [1.29, 1.82) is 0 Å². The molecule has 3 aromatic rings. The van der Waals surface area contributed by atoms with Gasteiger partial charge in [0.25, 0.3) is 5.91 Å². The average molecular weight is 451 g/mol. The first-order valence-corrected chi connectivity index (χ1v) is 11.3. The maximum Gasteiger partial charge on any atom is 0.410 e. The molecule has 0 aliphatic carbocycles. The summed E-state index contributed by atoms with van der Waals surface area (Å²) in [5, 5.41) is 13.6. The Bertz CT molecular complexity index is 1130. The minimum absolute atomic E-state index is 0.106. The number of carbonyl (C=O) groups is 2. The molecule has 0 unspecified atom stereocenters. The summed E-state index contributed by atoms with van der Waals surface area (Å²) in [4.78, 5) is 31.2. The second-order valence-corrected chi connectivity index (χ2v) is 9.40. The lowest BCUT2D eigenvalue weighted by Crippen LogP contribution is -2.42. The maximum absolute atomic E-state index is 12.7. The Morgan fingerprint density at radius 2 is 1.94 bits per heavy atom. The van der Waals surface area contributed by atoms with Gasteiger partial charge in [0.15, 0.2) is 0 Å². The van der Waals surface area contributed by atoms with Gasteiger partial charge >= 0.3 is 6.09 Å². The zero-order chi connectivity index (χ0) is 23.4. The van der Waals surface area contributed by atoms with E-state index in [-0.39, 0.29) is 12.0 Å². The number of hydrogen-bond acceptors (Lipinski definition) is 6. The molecule has 0 atom stereocenters. The van der Waals surface area contributed by atoms with Crippen LogP contribution in [-0.4, -0.2) is 62.5 Å². The number of fused-ring (bicyclic) bond motifs is 1. The van der Waals surface area contributed by atoms with E-state index >= 15 is 0 Å². The van der Waals surface area contributed by atoms with Gasteiger partial charge in [-0.1, -0.05) is 12.1 Å². The van der Waals surface area contributed by atoms with E-state index in [4.69, 9.17) is 4.74 Å². The lowest BCUT2D eigenvalue weighted by atomic mass is 9.93. The van der Waals surface area contributed by atoms with E-state index in [1.54, 1.807) is 11.0 Å². The van der Waals surface area contributed by atoms with Gasteiger partial charge in [0, 0.05) is 30.8 Å². The van der Waals surface area contributed by atoms with Crippen LogP contribution in [0.1, 0.15) is 50.4 Å². The smallest absolute Gasteiger partial charge is 0.410 e. The van der Waals surface area contributed by atoms with Crippen molar-refractivity contribution in [3.8, 4) is 11.3 Å². The summed E-state index contributed by atoms with van der Waals surface area (Å²) < 4.78 is 5.45. The average Bonchev–Trinajstić information content (AvgIpc) is 3.26. The van der Waals surface area contributed by atoms with Crippen molar-refractivity contribution in [2.45, 2.75) is 45.6 Å². The quantitative estimate of drug-likeness (QED) is 0.612. The summed E-state index contributed by atoms with van der Waals surface area (Å²) in [6.45, 7) is 7.62. The normalized spacial score (nSPS) is 14.9. The molecule has 2 aromatic heterocycles. The van der Waals surface area contributed by atoms with Gasteiger partial charge in [0.1, 0.15) is 11.1 Å². The number of pyridine rings is 1. The third kappa shape index (κ3) is 5.85. The molecular weight excluding hydrogens is 420 g/mol. The Morgan fingerprint density at radius 1 is 1.15 bits per heavy atom. The molecule has 9 nitrogen and oxygen atoms in total. The van der Waals surface area contributed by atoms with Gasteiger partial charge in [0.05, 0.1) is 5.69 Å². The fraction of sp³-hybridized carbons (Fsp3) is 0.458. The molecule has 1 aromatic carbocycles. The zero-order valence-corrected chi connectivity index (χ0v) is 19.3. The predicted octanol–water partition coefficient (Wildman–Crippen LogP) is 3.79. The van der Waals surface area contributed by atoms with Gasteiger partial charge < -0.3 is 15.0 Å². The van der Waals surface area contributed by atoms with Crippen LogP contribution in [0, 0.1) is 5.92 Å². The molecule has 4 rings (SSSR count). The number of aromatic amines is 1. The summed E-state index contributed by atoms with van der Waals surface area (Å²) in [6.07, 6.45) is 2.48. The van der Waals surface area contributed by atoms with Crippen LogP contribution in [0.25, 0.3) is 22.4 Å². The number of benzene rings is 1. The first-order chi connectivity index (χ1) is 15.8. The number of nitrogens with zero attached hydrogens (tertiary/aromatic N) is 4. The zero-order valence-electron chi connectivity index (χ0n) is 19.3. The van der Waals surface area contributed by atoms with Crippen LogP contribution in [0.4, 0.5) is 4.79 Å². The number of rotatable bonds is 5. The van der Waals surface area contributed by atoms with E-state index in [1.165, 1.54) is 0 Å². The van der Waals surface area contributed by atoms with Crippen LogP contribution in [-0.2, 0) is 4.74 Å². The van der Waals surface area contributed by atoms with Crippen molar-refractivity contribution >= 4 is 23.2 Å². The highest BCUT2D eigenvalue weighted by Gasteiger charge is 2.26. The third-order valence-electron chi connectivity index (χ3n) is 5.71. The van der Waals surface area contributed by atoms with E-state index < -0.39 is 5.60 Å². The highest BCUT2D eigenvalue weighted by atomic mass is 16.6. The lowest BCUT2D eigenvalue weighted by molar-refractivity contribution is 0.0182. The number of hydrogen-bond donors (Lipinski definition) is 2. The van der Waals surface area contributed by atoms with Gasteiger partial charge in [-0.15, -0.1) is 5.10 Å². The van der Waals surface area contributed by atoms with Crippen molar-refractivity contribution < 1.29 is 14.3 Å². The summed E-state index contributed by atoms with van der Waals surface area (Å²) in [6, 6.07) is 11.1. The minimum Gasteiger partial charge on any atom is -0.444 e. The molecule has 174 valence electrons. The minimum atomic E-state index is -0.478. The highest BCUT2D eigenvalue weighted by Crippen LogP contribution is 2.23. The van der Waals surface area contributed by atoms with Gasteiger partial charge in [-0.25, -0.2) is 9.78 Å². The molecule has 0 spiro atoms. The molecule has 2 amide bonds. The SMILES string of the molecule is CC(C)(C)OC(=O)N1CCC(CCNC(=O)c2cccc(-c3ccc4n[nH]nc4n3)c2)CC1. The largest absolute Gasteiger partial charge is 0.444 e. The number of amides is 2. The molecule has 1 fully saturated rings. The van der Waals surface area contributed by atoms with Gasteiger partial charge in [-0.05, 0) is 70.2 Å². The third-order valence-corrected chi connectivity index (χ3v) is 5.71. The number of likely N-dealkylation sites (tertiary alicyclic amines) is 1. The fourth-order valence-corrected chi connectivity index (χ4v) is 3.94. The van der Waals surface area contributed by atoms with Crippen LogP contribution in [0.5, 0.6) is 0 Å². The Morgan fingerprint density at radius 3 is 2.70 bits per heavy atom. The number of ether oxygens (including phenoxy) is 1. The van der Waals surface area contributed by atoms with E-state index in [0.29, 0.717) is 42.3 Å². The highest BCUT2D eigenvalue weighted by molar-refractivity contribution is 5.95. The van der Waals surface area contributed by atoms with Crippen LogP contribution < -0.4 is 5.32 Å². The first kappa shape index (κ1) is 22.7. The predicted molar refractivity (Wildman–Crippen MR) is 125 cm³/mol. The van der Waals surface area contributed by atoms with Crippen molar-refractivity contribution in [3.05, 3.63) is 42.0 Å². The van der Waals surface area contributed by atoms with E-state index in [9.17, 15) is 9.59 Å². The summed E-state index contributed by atoms with van der Waals surface area (Å²) in [7, 11) is 0. The summed E-state index contributed by atoms with van der Waals surface area (Å²) in [5.74, 6) is 0.374. The summed E-state index contributed by atoms with van der Waals surface area (Å²) >= 11 is 0. The van der Waals surface area contributed by atoms with Crippen molar-refractivity contribution in [1.82, 2.24) is 30.6 Å². The van der Waals surface area contributed by atoms with Crippen molar-refractivity contribution in [3.63, 3.8) is 0 Å². The molecule has 0 saturated carbocycles. The second-order valence-electron chi connectivity index (χ2n) is 9.40. The number of piperidine rings is 1. The van der Waals surface area contributed by atoms with Gasteiger partial charge in [0.2, 0.25) is 5.65 Å². The Hall–Kier alpha value is -3.49. The van der Waals surface area contributed by atoms with Crippen LogP contribution in [0.15, 0.2) is 36.4 Å². The van der Waals surface area contributed by atoms with E-state index in [0.717, 1.165) is 30.5 Å². The van der Waals surface area contributed by atoms with Gasteiger partial charge in [-0.2, -0.15) is 10.3 Å². The fourth-order valence-electron chi connectivity index (χ4n) is 3.94. The monoisotopic (exact) mass is 450 g/mol. The summed E-state index contributed by atoms with van der Waals surface area (Å²) in [5.41, 5.74) is 2.94. The van der Waals surface area contributed by atoms with Crippen LogP contribution in [0.3, 0.4) is 0 Å². The van der Waals surface area contributed by atoms with E-state index in [1.807, 2.05) is 51.1 Å². The van der Waals surface area contributed by atoms with Crippen molar-refractivity contribution in [2.24, 2.45) is 5.92 Å². The standard InChI is InChI=1S/C24H30N6O3/c1-24(2,3)33-23(32)30-13-10-16(11-14-30)9-12-25-22(31)18-6-4-5-17(15-18)19-7-8-20-21(26-19)28-29-27-20/h4-8,15-16H,9-14H2,1-3H3,(H,25,31)(H,26,27,28,29). The maximum atomic E-state index is 12.7. The topological polar surface area (TPSA) is 113 Å². The van der Waals surface area contributed by atoms with Crippen LogP contribution >= 0.6 is 0 Å². The second kappa shape index (κ2) is 9.56. The number of aromatic nitrogens is 4. The Kier molecular flexibility index (Phi) is 6.57. The molecular formula is C24H30N6O3. The molecule has 0 radical (unpaired) electrons. The molecule has 33 heavy (non-hydrogen) atoms. The van der Waals surface area contributed by atoms with Gasteiger partial charge in [-0.3, -0.25) is 4.79 Å². The first-order valence-electron chi connectivity index (χ1n) is 11.3. The number of carbonyl (C=O) groups excluding carboxylic acids is 2. The lowest BCUT2D eigenvalue weighted by Gasteiger charge is -2.33. The molecule has 1 saturated heterocycles. The molecule has 0 bridgehead atoms. The van der Waals surface area contributed by atoms with E-state index in [2.05, 4.69) is 25.7 Å². The molecule has 1 aliphatic rings. The molecule has 1 aliphatic heterocycles. The molecule has 2 N–H and O–H groups in total. The number of nitrogens with one attached hydrogen (secondary N) is 2. The van der Waals surface area contributed by atoms with Crippen molar-refractivity contribution in [2.75, 3.05) is 19.6 Å². The Balaban J connectivity index is 1.26. The number of H-pyrrole nitrogens is 1. The molecule has 9 heteroatoms.